The second-order valence-electron chi connectivity index (χ2n) is 5.40. The van der Waals surface area contributed by atoms with Crippen LogP contribution in [0.3, 0.4) is 0 Å². The van der Waals surface area contributed by atoms with E-state index in [1.165, 1.54) is 0 Å². The fraction of sp³-hybridized carbons (Fsp3) is 0.118. The molecule has 7 nitrogen and oxygen atoms in total. The van der Waals surface area contributed by atoms with Gasteiger partial charge in [-0.3, -0.25) is 4.98 Å². The summed E-state index contributed by atoms with van der Waals surface area (Å²) in [6, 6.07) is 14.8. The molecule has 0 saturated carbocycles. The molecule has 1 unspecified atom stereocenters. The van der Waals surface area contributed by atoms with Gasteiger partial charge in [0.05, 0.1) is 5.52 Å². The number of benzene rings is 2. The Bertz CT molecular complexity index is 1030. The minimum atomic E-state index is -0.473. The predicted octanol–water partition coefficient (Wildman–Crippen LogP) is 3.34. The van der Waals surface area contributed by atoms with Crippen molar-refractivity contribution in [3.8, 4) is 11.5 Å². The molecule has 0 aliphatic rings. The molecule has 2 N–H and O–H groups in total. The summed E-state index contributed by atoms with van der Waals surface area (Å²) < 4.78 is 10.7. The monoisotopic (exact) mass is 322 g/mol. The third-order valence-electron chi connectivity index (χ3n) is 3.63. The third-order valence-corrected chi connectivity index (χ3v) is 3.63. The van der Waals surface area contributed by atoms with Gasteiger partial charge >= 0.3 is 5.76 Å². The molecule has 4 rings (SSSR count). The van der Waals surface area contributed by atoms with Crippen molar-refractivity contribution in [3.05, 3.63) is 65.0 Å². The van der Waals surface area contributed by atoms with E-state index >= 15 is 0 Å². The second-order valence-corrected chi connectivity index (χ2v) is 5.40. The van der Waals surface area contributed by atoms with Gasteiger partial charge in [0.2, 0.25) is 11.8 Å². The topological polar surface area (TPSA) is 97.0 Å². The Morgan fingerprint density at radius 2 is 1.92 bits per heavy atom. The van der Waals surface area contributed by atoms with E-state index in [2.05, 4.69) is 20.5 Å². The van der Waals surface area contributed by atoms with Crippen molar-refractivity contribution in [2.24, 2.45) is 0 Å². The fourth-order valence-electron chi connectivity index (χ4n) is 2.46. The Kier molecular flexibility index (Phi) is 3.38. The van der Waals surface area contributed by atoms with Crippen LogP contribution in [0.25, 0.3) is 22.6 Å². The number of nitrogens with zero attached hydrogens (tertiary/aromatic N) is 2. The summed E-state index contributed by atoms with van der Waals surface area (Å²) in [5, 5.41) is 11.4. The number of rotatable bonds is 4. The smallest absolute Gasteiger partial charge is 0.417 e. The SMILES string of the molecule is CC(Nc1ccc2oc(=O)[nH]c2c1)c1nnc(-c2ccccc2)o1. The van der Waals surface area contributed by atoms with Gasteiger partial charge < -0.3 is 14.2 Å². The summed E-state index contributed by atoms with van der Waals surface area (Å²) in [5.41, 5.74) is 2.84. The lowest BCUT2D eigenvalue weighted by atomic mass is 10.2. The van der Waals surface area contributed by atoms with E-state index in [0.717, 1.165) is 11.3 Å². The van der Waals surface area contributed by atoms with E-state index in [0.29, 0.717) is 22.9 Å². The van der Waals surface area contributed by atoms with Gasteiger partial charge in [0.25, 0.3) is 0 Å². The number of aromatic amines is 1. The molecular formula is C17H14N4O3. The van der Waals surface area contributed by atoms with Crippen LogP contribution in [-0.4, -0.2) is 15.2 Å². The highest BCUT2D eigenvalue weighted by Crippen LogP contribution is 2.24. The van der Waals surface area contributed by atoms with Gasteiger partial charge in [-0.1, -0.05) is 18.2 Å². The summed E-state index contributed by atoms with van der Waals surface area (Å²) in [7, 11) is 0. The van der Waals surface area contributed by atoms with Crippen molar-refractivity contribution in [2.75, 3.05) is 5.32 Å². The average molecular weight is 322 g/mol. The molecule has 0 aliphatic carbocycles. The predicted molar refractivity (Wildman–Crippen MR) is 88.6 cm³/mol. The van der Waals surface area contributed by atoms with Crippen molar-refractivity contribution < 1.29 is 8.83 Å². The van der Waals surface area contributed by atoms with Gasteiger partial charge in [-0.05, 0) is 37.3 Å². The highest BCUT2D eigenvalue weighted by molar-refractivity contribution is 5.76. The van der Waals surface area contributed by atoms with Crippen LogP contribution in [0.5, 0.6) is 0 Å². The van der Waals surface area contributed by atoms with Crippen LogP contribution in [0.2, 0.25) is 0 Å². The average Bonchev–Trinajstić information content (AvgIpc) is 3.21. The van der Waals surface area contributed by atoms with E-state index in [1.54, 1.807) is 12.1 Å². The highest BCUT2D eigenvalue weighted by atomic mass is 16.4. The zero-order chi connectivity index (χ0) is 16.5. The maximum absolute atomic E-state index is 11.2. The number of aromatic nitrogens is 3. The number of H-pyrrole nitrogens is 1. The molecule has 2 aromatic heterocycles. The maximum Gasteiger partial charge on any atom is 0.417 e. The van der Waals surface area contributed by atoms with Crippen LogP contribution < -0.4 is 11.1 Å². The number of hydrogen-bond donors (Lipinski definition) is 2. The molecule has 0 amide bonds. The summed E-state index contributed by atoms with van der Waals surface area (Å²) in [5.74, 6) is 0.489. The number of fused-ring (bicyclic) bond motifs is 1. The van der Waals surface area contributed by atoms with Crippen molar-refractivity contribution in [2.45, 2.75) is 13.0 Å². The molecule has 1 atom stereocenters. The minimum absolute atomic E-state index is 0.189. The summed E-state index contributed by atoms with van der Waals surface area (Å²) in [6.07, 6.45) is 0. The van der Waals surface area contributed by atoms with Crippen LogP contribution in [0, 0.1) is 0 Å². The molecular weight excluding hydrogens is 308 g/mol. The Morgan fingerprint density at radius 3 is 2.75 bits per heavy atom. The van der Waals surface area contributed by atoms with Gasteiger partial charge in [0, 0.05) is 11.3 Å². The molecule has 120 valence electrons. The van der Waals surface area contributed by atoms with Crippen LogP contribution in [0.1, 0.15) is 18.9 Å². The summed E-state index contributed by atoms with van der Waals surface area (Å²) in [6.45, 7) is 1.92. The Morgan fingerprint density at radius 1 is 1.08 bits per heavy atom. The van der Waals surface area contributed by atoms with Gasteiger partial charge in [-0.2, -0.15) is 0 Å². The molecule has 4 aromatic rings. The molecule has 0 fully saturated rings. The second kappa shape index (κ2) is 5.69. The van der Waals surface area contributed by atoms with E-state index in [-0.39, 0.29) is 6.04 Å². The highest BCUT2D eigenvalue weighted by Gasteiger charge is 2.15. The largest absolute Gasteiger partial charge is 0.418 e. The van der Waals surface area contributed by atoms with Gasteiger partial charge in [0.1, 0.15) is 6.04 Å². The Hall–Kier alpha value is -3.35. The number of hydrogen-bond acceptors (Lipinski definition) is 6. The number of oxazole rings is 1. The van der Waals surface area contributed by atoms with Crippen molar-refractivity contribution in [1.82, 2.24) is 15.2 Å². The van der Waals surface area contributed by atoms with Crippen molar-refractivity contribution >= 4 is 16.8 Å². The van der Waals surface area contributed by atoms with Crippen LogP contribution in [0.4, 0.5) is 5.69 Å². The zero-order valence-electron chi connectivity index (χ0n) is 12.8. The first kappa shape index (κ1) is 14.3. The first-order valence-corrected chi connectivity index (χ1v) is 7.47. The van der Waals surface area contributed by atoms with Crippen LogP contribution in [-0.2, 0) is 0 Å². The Balaban J connectivity index is 1.56. The van der Waals surface area contributed by atoms with E-state index in [4.69, 9.17) is 8.83 Å². The zero-order valence-corrected chi connectivity index (χ0v) is 12.8. The lowest BCUT2D eigenvalue weighted by Gasteiger charge is -2.11. The number of anilines is 1. The lowest BCUT2D eigenvalue weighted by molar-refractivity contribution is 0.485. The standard InChI is InChI=1S/C17H14N4O3/c1-10(15-20-21-16(24-15)11-5-3-2-4-6-11)18-12-7-8-14-13(9-12)19-17(22)23-14/h2-10,18H,1H3,(H,19,22). The lowest BCUT2D eigenvalue weighted by Crippen LogP contribution is -2.06. The van der Waals surface area contributed by atoms with E-state index in [1.807, 2.05) is 43.3 Å². The maximum atomic E-state index is 11.2. The molecule has 24 heavy (non-hydrogen) atoms. The molecule has 0 bridgehead atoms. The normalized spacial score (nSPS) is 12.4. The third kappa shape index (κ3) is 2.67. The quantitative estimate of drug-likeness (QED) is 0.598. The summed E-state index contributed by atoms with van der Waals surface area (Å²) >= 11 is 0. The Labute approximate surface area is 136 Å². The summed E-state index contributed by atoms with van der Waals surface area (Å²) in [4.78, 5) is 13.8. The molecule has 2 heterocycles. The van der Waals surface area contributed by atoms with Crippen molar-refractivity contribution in [3.63, 3.8) is 0 Å². The molecule has 2 aromatic carbocycles. The van der Waals surface area contributed by atoms with Crippen LogP contribution in [0.15, 0.2) is 62.2 Å². The molecule has 7 heteroatoms. The molecule has 0 radical (unpaired) electrons. The number of nitrogens with one attached hydrogen (secondary N) is 2. The first-order chi connectivity index (χ1) is 11.7. The molecule has 0 spiro atoms. The van der Waals surface area contributed by atoms with Crippen molar-refractivity contribution in [1.29, 1.82) is 0 Å². The van der Waals surface area contributed by atoms with Gasteiger partial charge in [-0.25, -0.2) is 4.79 Å². The van der Waals surface area contributed by atoms with E-state index in [9.17, 15) is 4.79 Å². The van der Waals surface area contributed by atoms with E-state index < -0.39 is 5.76 Å². The molecule has 0 saturated heterocycles. The molecule has 0 aliphatic heterocycles. The fourth-order valence-corrected chi connectivity index (χ4v) is 2.46. The van der Waals surface area contributed by atoms with Gasteiger partial charge in [-0.15, -0.1) is 10.2 Å². The van der Waals surface area contributed by atoms with Crippen LogP contribution >= 0.6 is 0 Å². The van der Waals surface area contributed by atoms with Gasteiger partial charge in [0.15, 0.2) is 5.58 Å². The first-order valence-electron chi connectivity index (χ1n) is 7.47. The minimum Gasteiger partial charge on any atom is -0.418 e.